The summed E-state index contributed by atoms with van der Waals surface area (Å²) in [4.78, 5) is 35.8. The Bertz CT molecular complexity index is 3550. The van der Waals surface area contributed by atoms with Crippen molar-refractivity contribution in [2.75, 3.05) is 0 Å². The lowest BCUT2D eigenvalue weighted by atomic mass is 9.98. The van der Waals surface area contributed by atoms with Crippen LogP contribution in [0.4, 0.5) is 13.2 Å². The molecular weight excluding hydrogens is 860 g/mol. The number of hydrogen-bond acceptors (Lipinski definition) is 9. The Morgan fingerprint density at radius 2 is 0.706 bits per heavy atom. The van der Waals surface area contributed by atoms with Crippen molar-refractivity contribution in [3.8, 4) is 74.1 Å². The van der Waals surface area contributed by atoms with Gasteiger partial charge < -0.3 is 9.13 Å². The molecule has 12 rings (SSSR count). The van der Waals surface area contributed by atoms with Crippen molar-refractivity contribution in [3.63, 3.8) is 0 Å². The number of hydrogen-bond donors (Lipinski definition) is 0. The normalized spacial score (nSPS) is 11.7. The van der Waals surface area contributed by atoms with E-state index in [1.165, 1.54) is 0 Å². The van der Waals surface area contributed by atoms with E-state index in [1.807, 2.05) is 72.8 Å². The van der Waals surface area contributed by atoms with E-state index in [-0.39, 0.29) is 11.4 Å². The Morgan fingerprint density at radius 3 is 1.01 bits per heavy atom. The van der Waals surface area contributed by atoms with E-state index in [4.69, 9.17) is 0 Å². The molecule has 0 aliphatic rings. The van der Waals surface area contributed by atoms with Crippen molar-refractivity contribution in [1.82, 2.24) is 49.0 Å². The van der Waals surface area contributed by atoms with Gasteiger partial charge in [0.25, 0.3) is 0 Å². The molecule has 12 aromatic rings. The second-order valence-corrected chi connectivity index (χ2v) is 16.0. The van der Waals surface area contributed by atoms with Gasteiger partial charge in [0.05, 0.1) is 45.1 Å². The van der Waals surface area contributed by atoms with E-state index in [9.17, 15) is 5.26 Å². The standard InChI is InChI=1S/C54H30F3N11/c55-54(56,57)49-47(67-43-12-8-34(50-59-16-2-17-60-50)25-39(43)40-26-35(9-13-44(40)67)51-61-18-3-19-62-51)29-38(33-7-1-6-32(24-33)31-58)30-48(49)68-45-14-10-36(52-63-20-4-21-64-52)27-41(45)42-28-37(11-15-46(42)68)53-65-22-5-23-66-53/h1-30H. The predicted molar refractivity (Wildman–Crippen MR) is 254 cm³/mol. The molecule has 0 unspecified atom stereocenters. The van der Waals surface area contributed by atoms with E-state index < -0.39 is 11.7 Å². The highest BCUT2D eigenvalue weighted by atomic mass is 19.4. The van der Waals surface area contributed by atoms with E-state index >= 15 is 13.2 Å². The predicted octanol–water partition coefficient (Wildman–Crippen LogP) is 12.3. The average Bonchev–Trinajstić information content (AvgIpc) is 3.90. The highest BCUT2D eigenvalue weighted by Gasteiger charge is 2.40. The SMILES string of the molecule is N#Cc1cccc(-c2cc(-n3c4ccc(-c5ncccn5)cc4c4cc(-c5ncccn5)ccc43)c(C(F)(F)F)c(-n3c4ccc(-c5ncccn5)cc4c4cc(-c5ncccn5)ccc43)c2)c1. The van der Waals surface area contributed by atoms with Crippen LogP contribution in [0.15, 0.2) is 183 Å². The fraction of sp³-hybridized carbons (Fsp3) is 0.0185. The third-order valence-corrected chi connectivity index (χ3v) is 12.0. The zero-order valence-electron chi connectivity index (χ0n) is 35.4. The van der Waals surface area contributed by atoms with E-state index in [1.54, 1.807) is 119 Å². The lowest BCUT2D eigenvalue weighted by molar-refractivity contribution is -0.137. The molecule has 0 aliphatic heterocycles. The van der Waals surface area contributed by atoms with Gasteiger partial charge in [-0.3, -0.25) is 0 Å². The molecule has 0 aliphatic carbocycles. The molecule has 0 fully saturated rings. The molecule has 11 nitrogen and oxygen atoms in total. The smallest absolute Gasteiger partial charge is 0.309 e. The van der Waals surface area contributed by atoms with Gasteiger partial charge in [0.2, 0.25) is 0 Å². The van der Waals surface area contributed by atoms with Crippen molar-refractivity contribution in [2.45, 2.75) is 6.18 Å². The molecule has 322 valence electrons. The molecule has 6 heterocycles. The maximum atomic E-state index is 16.8. The molecule has 0 N–H and O–H groups in total. The van der Waals surface area contributed by atoms with Crippen LogP contribution in [0.5, 0.6) is 0 Å². The van der Waals surface area contributed by atoms with Gasteiger partial charge in [-0.05, 0) is 132 Å². The van der Waals surface area contributed by atoms with Crippen LogP contribution in [-0.2, 0) is 6.18 Å². The summed E-state index contributed by atoms with van der Waals surface area (Å²) in [6.45, 7) is 0. The van der Waals surface area contributed by atoms with Crippen molar-refractivity contribution in [3.05, 3.63) is 194 Å². The Labute approximate surface area is 384 Å². The Hall–Kier alpha value is -9.48. The molecule has 14 heteroatoms. The second kappa shape index (κ2) is 15.9. The fourth-order valence-electron chi connectivity index (χ4n) is 9.10. The Balaban J connectivity index is 1.21. The Morgan fingerprint density at radius 1 is 0.368 bits per heavy atom. The summed E-state index contributed by atoms with van der Waals surface area (Å²) < 4.78 is 53.6. The molecule has 0 radical (unpaired) electrons. The van der Waals surface area contributed by atoms with Gasteiger partial charge in [-0.2, -0.15) is 18.4 Å². The fourth-order valence-corrected chi connectivity index (χ4v) is 9.10. The van der Waals surface area contributed by atoms with E-state index in [0.717, 1.165) is 0 Å². The minimum atomic E-state index is -4.92. The molecule has 0 spiro atoms. The zero-order chi connectivity index (χ0) is 45.9. The number of aromatic nitrogens is 10. The molecule has 6 aromatic carbocycles. The number of halogens is 3. The summed E-state index contributed by atoms with van der Waals surface area (Å²) in [5.74, 6) is 1.85. The van der Waals surface area contributed by atoms with Crippen molar-refractivity contribution in [1.29, 1.82) is 5.26 Å². The van der Waals surface area contributed by atoms with Crippen molar-refractivity contribution >= 4 is 43.6 Å². The molecule has 0 saturated heterocycles. The van der Waals surface area contributed by atoms with Crippen LogP contribution in [0, 0.1) is 11.3 Å². The molecule has 0 atom stereocenters. The van der Waals surface area contributed by atoms with Gasteiger partial charge in [-0.15, -0.1) is 0 Å². The molecule has 0 saturated carbocycles. The average molecular weight is 890 g/mol. The van der Waals surface area contributed by atoms with Crippen LogP contribution < -0.4 is 0 Å². The van der Waals surface area contributed by atoms with Crippen LogP contribution in [0.3, 0.4) is 0 Å². The van der Waals surface area contributed by atoms with Gasteiger partial charge >= 0.3 is 6.18 Å². The third-order valence-electron chi connectivity index (χ3n) is 12.0. The Kier molecular flexibility index (Phi) is 9.36. The zero-order valence-corrected chi connectivity index (χ0v) is 35.4. The number of benzene rings is 6. The third kappa shape index (κ3) is 6.76. The molecule has 6 aromatic heterocycles. The van der Waals surface area contributed by atoms with Gasteiger partial charge in [0.15, 0.2) is 23.3 Å². The maximum Gasteiger partial charge on any atom is 0.420 e. The number of alkyl halides is 3. The van der Waals surface area contributed by atoms with Crippen LogP contribution in [-0.4, -0.2) is 49.0 Å². The highest BCUT2D eigenvalue weighted by Crippen LogP contribution is 2.47. The summed E-state index contributed by atoms with van der Waals surface area (Å²) >= 11 is 0. The van der Waals surface area contributed by atoms with Gasteiger partial charge in [0, 0.05) is 93.4 Å². The topological polar surface area (TPSA) is 137 Å². The first-order valence-corrected chi connectivity index (χ1v) is 21.3. The van der Waals surface area contributed by atoms with E-state index in [0.29, 0.717) is 106 Å². The summed E-state index contributed by atoms with van der Waals surface area (Å²) in [5, 5.41) is 12.7. The van der Waals surface area contributed by atoms with Gasteiger partial charge in [0.1, 0.15) is 5.56 Å². The number of nitriles is 1. The molecule has 68 heavy (non-hydrogen) atoms. The number of rotatable bonds is 7. The van der Waals surface area contributed by atoms with E-state index in [2.05, 4.69) is 45.9 Å². The molecular formula is C54H30F3N11. The van der Waals surface area contributed by atoms with Crippen LogP contribution >= 0.6 is 0 Å². The first kappa shape index (κ1) is 40.1. The molecule has 0 bridgehead atoms. The van der Waals surface area contributed by atoms with Crippen LogP contribution in [0.1, 0.15) is 11.1 Å². The monoisotopic (exact) mass is 889 g/mol. The summed E-state index contributed by atoms with van der Waals surface area (Å²) in [5.41, 5.74) is 5.00. The summed E-state index contributed by atoms with van der Waals surface area (Å²) in [6, 6.07) is 41.2. The summed E-state index contributed by atoms with van der Waals surface area (Å²) in [6.07, 6.45) is 8.23. The highest BCUT2D eigenvalue weighted by molar-refractivity contribution is 6.13. The minimum Gasteiger partial charge on any atom is -0.309 e. The number of fused-ring (bicyclic) bond motifs is 6. The quantitative estimate of drug-likeness (QED) is 0.153. The first-order valence-electron chi connectivity index (χ1n) is 21.3. The van der Waals surface area contributed by atoms with Crippen LogP contribution in [0.25, 0.3) is 112 Å². The minimum absolute atomic E-state index is 0.126. The van der Waals surface area contributed by atoms with Gasteiger partial charge in [-0.1, -0.05) is 12.1 Å². The first-order chi connectivity index (χ1) is 33.3. The second-order valence-electron chi connectivity index (χ2n) is 16.0. The van der Waals surface area contributed by atoms with Crippen molar-refractivity contribution < 1.29 is 13.2 Å². The van der Waals surface area contributed by atoms with Crippen molar-refractivity contribution in [2.24, 2.45) is 0 Å². The molecule has 0 amide bonds. The lowest BCUT2D eigenvalue weighted by Gasteiger charge is -2.23. The van der Waals surface area contributed by atoms with Crippen LogP contribution in [0.2, 0.25) is 0 Å². The van der Waals surface area contributed by atoms with Gasteiger partial charge in [-0.25, -0.2) is 39.9 Å². The number of nitrogens with zero attached hydrogens (tertiary/aromatic N) is 11. The largest absolute Gasteiger partial charge is 0.420 e. The maximum absolute atomic E-state index is 16.8. The summed E-state index contributed by atoms with van der Waals surface area (Å²) in [7, 11) is 0. The lowest BCUT2D eigenvalue weighted by Crippen LogP contribution is -2.16.